The molecule has 2 amide bonds. The Hall–Kier alpha value is -2.77. The van der Waals surface area contributed by atoms with Crippen LogP contribution >= 0.6 is 11.6 Å². The van der Waals surface area contributed by atoms with E-state index in [0.29, 0.717) is 62.0 Å². The summed E-state index contributed by atoms with van der Waals surface area (Å²) >= 11 is 6.63. The number of aliphatic hydroxyl groups is 1. The predicted molar refractivity (Wildman–Crippen MR) is 147 cm³/mol. The van der Waals surface area contributed by atoms with Crippen molar-refractivity contribution >= 4 is 23.6 Å². The highest BCUT2D eigenvalue weighted by atomic mass is 35.5. The summed E-state index contributed by atoms with van der Waals surface area (Å²) in [5, 5.41) is 12.2. The molecule has 7 nitrogen and oxygen atoms in total. The van der Waals surface area contributed by atoms with Crippen molar-refractivity contribution in [2.75, 3.05) is 26.2 Å². The Morgan fingerprint density at radius 1 is 0.974 bits per heavy atom. The molecule has 0 aromatic heterocycles. The Labute approximate surface area is 230 Å². The molecule has 2 aliphatic rings. The van der Waals surface area contributed by atoms with Crippen LogP contribution in [0.4, 0.5) is 4.79 Å². The minimum atomic E-state index is -1.15. The van der Waals surface area contributed by atoms with Gasteiger partial charge >= 0.3 is 6.09 Å². The van der Waals surface area contributed by atoms with Gasteiger partial charge in [0.2, 0.25) is 5.91 Å². The summed E-state index contributed by atoms with van der Waals surface area (Å²) in [6.07, 6.45) is 3.54. The molecule has 1 atom stereocenters. The molecule has 1 saturated heterocycles. The third-order valence-corrected chi connectivity index (χ3v) is 7.57. The van der Waals surface area contributed by atoms with E-state index in [1.54, 1.807) is 21.9 Å². The molecule has 8 heteroatoms. The number of halogens is 1. The summed E-state index contributed by atoms with van der Waals surface area (Å²) in [5.74, 6) is -0.337. The first-order valence-corrected chi connectivity index (χ1v) is 13.9. The highest BCUT2D eigenvalue weighted by molar-refractivity contribution is 6.32. The van der Waals surface area contributed by atoms with Gasteiger partial charge in [0.25, 0.3) is 0 Å². The van der Waals surface area contributed by atoms with Crippen LogP contribution in [-0.2, 0) is 16.1 Å². The van der Waals surface area contributed by atoms with Crippen LogP contribution in [0.15, 0.2) is 48.5 Å². The molecular weight excluding hydrogens is 504 g/mol. The van der Waals surface area contributed by atoms with Gasteiger partial charge in [-0.3, -0.25) is 4.79 Å². The van der Waals surface area contributed by atoms with E-state index in [9.17, 15) is 14.7 Å². The SMILES string of the molecule is CC(C)(C)OC(=O)N1CCN(C(=O)C(c2ccc(OCc3ccccc3)c(Cl)c2)C2(O)CCCCC2)CC1. The van der Waals surface area contributed by atoms with E-state index in [0.717, 1.165) is 24.8 Å². The molecule has 1 unspecified atom stereocenters. The fraction of sp³-hybridized carbons (Fsp3) is 0.533. The smallest absolute Gasteiger partial charge is 0.410 e. The molecule has 1 N–H and O–H groups in total. The zero-order chi connectivity index (χ0) is 27.3. The van der Waals surface area contributed by atoms with E-state index in [1.165, 1.54) is 0 Å². The van der Waals surface area contributed by atoms with Crippen LogP contribution < -0.4 is 4.74 Å². The molecule has 2 aromatic rings. The van der Waals surface area contributed by atoms with Gasteiger partial charge in [-0.2, -0.15) is 0 Å². The quantitative estimate of drug-likeness (QED) is 0.501. The van der Waals surface area contributed by atoms with E-state index in [2.05, 4.69) is 0 Å². The summed E-state index contributed by atoms with van der Waals surface area (Å²) in [6, 6.07) is 15.2. The van der Waals surface area contributed by atoms with Crippen molar-refractivity contribution in [2.24, 2.45) is 0 Å². The number of hydrogen-bond acceptors (Lipinski definition) is 5. The minimum absolute atomic E-state index is 0.132. The number of rotatable bonds is 6. The average Bonchev–Trinajstić information content (AvgIpc) is 2.88. The van der Waals surface area contributed by atoms with Gasteiger partial charge in [0.1, 0.15) is 18.0 Å². The molecule has 0 bridgehead atoms. The van der Waals surface area contributed by atoms with Crippen LogP contribution in [0.3, 0.4) is 0 Å². The van der Waals surface area contributed by atoms with Crippen LogP contribution in [0, 0.1) is 0 Å². The van der Waals surface area contributed by atoms with Gasteiger partial charge in [-0.25, -0.2) is 4.79 Å². The van der Waals surface area contributed by atoms with Gasteiger partial charge in [-0.15, -0.1) is 0 Å². The van der Waals surface area contributed by atoms with Crippen molar-refractivity contribution in [1.82, 2.24) is 9.80 Å². The van der Waals surface area contributed by atoms with Gasteiger partial charge in [-0.05, 0) is 56.9 Å². The lowest BCUT2D eigenvalue weighted by molar-refractivity contribution is -0.143. The number of carbonyl (C=O) groups is 2. The number of ether oxygens (including phenoxy) is 2. The number of hydrogen-bond donors (Lipinski definition) is 1. The molecule has 0 spiro atoms. The topological polar surface area (TPSA) is 79.3 Å². The van der Waals surface area contributed by atoms with Crippen LogP contribution in [0.5, 0.6) is 5.75 Å². The highest BCUT2D eigenvalue weighted by Crippen LogP contribution is 2.43. The number of nitrogens with zero attached hydrogens (tertiary/aromatic N) is 2. The fourth-order valence-corrected chi connectivity index (χ4v) is 5.55. The maximum atomic E-state index is 14.0. The van der Waals surface area contributed by atoms with Crippen LogP contribution in [0.2, 0.25) is 5.02 Å². The van der Waals surface area contributed by atoms with Crippen molar-refractivity contribution in [3.05, 3.63) is 64.7 Å². The maximum absolute atomic E-state index is 14.0. The number of amides is 2. The lowest BCUT2D eigenvalue weighted by Gasteiger charge is -2.43. The molecule has 38 heavy (non-hydrogen) atoms. The lowest BCUT2D eigenvalue weighted by atomic mass is 9.72. The van der Waals surface area contributed by atoms with E-state index in [1.807, 2.05) is 57.2 Å². The minimum Gasteiger partial charge on any atom is -0.487 e. The van der Waals surface area contributed by atoms with Crippen molar-refractivity contribution < 1.29 is 24.2 Å². The third-order valence-electron chi connectivity index (χ3n) is 7.27. The number of piperazine rings is 1. The molecular formula is C30H39ClN2O5. The zero-order valence-corrected chi connectivity index (χ0v) is 23.4. The first-order chi connectivity index (χ1) is 18.1. The Balaban J connectivity index is 1.50. The van der Waals surface area contributed by atoms with Crippen LogP contribution in [0.1, 0.15) is 69.9 Å². The summed E-state index contributed by atoms with van der Waals surface area (Å²) in [5.41, 5.74) is -0.00279. The summed E-state index contributed by atoms with van der Waals surface area (Å²) in [6.45, 7) is 7.44. The molecule has 1 aliphatic heterocycles. The van der Waals surface area contributed by atoms with E-state index in [-0.39, 0.29) is 12.0 Å². The molecule has 2 fully saturated rings. The fourth-order valence-electron chi connectivity index (χ4n) is 5.30. The Morgan fingerprint density at radius 2 is 1.61 bits per heavy atom. The average molecular weight is 543 g/mol. The normalized spacial score (nSPS) is 18.6. The zero-order valence-electron chi connectivity index (χ0n) is 22.6. The summed E-state index contributed by atoms with van der Waals surface area (Å²) in [7, 11) is 0. The summed E-state index contributed by atoms with van der Waals surface area (Å²) in [4.78, 5) is 29.9. The predicted octanol–water partition coefficient (Wildman–Crippen LogP) is 5.78. The molecule has 1 heterocycles. The van der Waals surface area contributed by atoms with Crippen LogP contribution in [0.25, 0.3) is 0 Å². The lowest BCUT2D eigenvalue weighted by Crippen LogP contribution is -2.55. The Kier molecular flexibility index (Phi) is 8.89. The molecule has 1 aliphatic carbocycles. The summed E-state index contributed by atoms with van der Waals surface area (Å²) < 4.78 is 11.4. The second-order valence-corrected chi connectivity index (χ2v) is 11.8. The largest absolute Gasteiger partial charge is 0.487 e. The number of benzene rings is 2. The molecule has 0 radical (unpaired) electrons. The van der Waals surface area contributed by atoms with E-state index >= 15 is 0 Å². The molecule has 1 saturated carbocycles. The van der Waals surface area contributed by atoms with Gasteiger partial charge in [-0.1, -0.05) is 67.3 Å². The Bertz CT molecular complexity index is 1100. The second-order valence-electron chi connectivity index (χ2n) is 11.4. The first kappa shape index (κ1) is 28.2. The van der Waals surface area contributed by atoms with Crippen molar-refractivity contribution in [3.8, 4) is 5.75 Å². The highest BCUT2D eigenvalue weighted by Gasteiger charge is 2.45. The van der Waals surface area contributed by atoms with Gasteiger partial charge < -0.3 is 24.4 Å². The first-order valence-electron chi connectivity index (χ1n) is 13.5. The van der Waals surface area contributed by atoms with Crippen molar-refractivity contribution in [2.45, 2.75) is 76.6 Å². The Morgan fingerprint density at radius 3 is 2.21 bits per heavy atom. The standard InChI is InChI=1S/C30H39ClN2O5/c1-29(2,3)38-28(35)33-18-16-32(17-19-33)27(34)26(30(36)14-8-5-9-15-30)23-12-13-25(24(31)20-23)37-21-22-10-6-4-7-11-22/h4,6-7,10-13,20,26,36H,5,8-9,14-19,21H2,1-3H3. The van der Waals surface area contributed by atoms with Crippen LogP contribution in [-0.4, -0.2) is 64.3 Å². The number of carbonyl (C=O) groups excluding carboxylic acids is 2. The second kappa shape index (κ2) is 12.0. The van der Waals surface area contributed by atoms with E-state index in [4.69, 9.17) is 21.1 Å². The van der Waals surface area contributed by atoms with Gasteiger partial charge in [0, 0.05) is 26.2 Å². The van der Waals surface area contributed by atoms with Gasteiger partial charge in [0.05, 0.1) is 16.5 Å². The third kappa shape index (κ3) is 7.00. The van der Waals surface area contributed by atoms with E-state index < -0.39 is 17.1 Å². The molecule has 4 rings (SSSR count). The molecule has 2 aromatic carbocycles. The maximum Gasteiger partial charge on any atom is 0.410 e. The van der Waals surface area contributed by atoms with Gasteiger partial charge in [0.15, 0.2) is 0 Å². The van der Waals surface area contributed by atoms with Crippen molar-refractivity contribution in [3.63, 3.8) is 0 Å². The van der Waals surface area contributed by atoms with Crippen molar-refractivity contribution in [1.29, 1.82) is 0 Å². The molecule has 206 valence electrons. The monoisotopic (exact) mass is 542 g/mol.